The van der Waals surface area contributed by atoms with Crippen molar-refractivity contribution < 1.29 is 22.6 Å². The third-order valence-electron chi connectivity index (χ3n) is 1.95. The van der Waals surface area contributed by atoms with Crippen molar-refractivity contribution in [3.8, 4) is 11.5 Å². The fourth-order valence-electron chi connectivity index (χ4n) is 1.33. The largest absolute Gasteiger partial charge is 0.586 e. The molecule has 0 spiro atoms. The maximum atomic E-state index is 13.5. The molecule has 1 aromatic carbocycles. The van der Waals surface area contributed by atoms with E-state index in [9.17, 15) is 13.2 Å². The van der Waals surface area contributed by atoms with Gasteiger partial charge < -0.3 is 26.7 Å². The van der Waals surface area contributed by atoms with Crippen molar-refractivity contribution in [1.29, 1.82) is 0 Å². The first-order valence-electron chi connectivity index (χ1n) is 4.80. The minimum atomic E-state index is -3.84. The number of aliphatic imine (C=N–C) groups is 2. The number of hydrogen-bond donors (Lipinski definition) is 3. The Balaban J connectivity index is 2.38. The summed E-state index contributed by atoms with van der Waals surface area (Å²) in [5, 5.41) is 0. The number of fused-ring (bicyclic) bond motifs is 1. The Hall–Kier alpha value is -2.65. The zero-order chi connectivity index (χ0) is 14.2. The van der Waals surface area contributed by atoms with Crippen molar-refractivity contribution in [2.24, 2.45) is 27.2 Å². The molecular formula is C9H8F3N5O2. The van der Waals surface area contributed by atoms with Crippen LogP contribution in [0, 0.1) is 5.82 Å². The van der Waals surface area contributed by atoms with Crippen LogP contribution in [0.1, 0.15) is 0 Å². The lowest BCUT2D eigenvalue weighted by molar-refractivity contribution is -0.286. The Labute approximate surface area is 104 Å². The zero-order valence-electron chi connectivity index (χ0n) is 9.23. The number of guanidine groups is 2. The van der Waals surface area contributed by atoms with Gasteiger partial charge in [-0.3, -0.25) is 0 Å². The monoisotopic (exact) mass is 275 g/mol. The number of alkyl halides is 2. The lowest BCUT2D eigenvalue weighted by Gasteiger charge is -2.04. The molecule has 0 bridgehead atoms. The molecule has 0 saturated heterocycles. The number of halogens is 3. The first kappa shape index (κ1) is 12.8. The lowest BCUT2D eigenvalue weighted by Crippen LogP contribution is -2.26. The SMILES string of the molecule is NC(N)=NC(N)=Nc1cc2c(cc1F)OC(F)(F)O2. The smallest absolute Gasteiger partial charge is 0.395 e. The zero-order valence-corrected chi connectivity index (χ0v) is 9.23. The molecule has 1 aromatic rings. The summed E-state index contributed by atoms with van der Waals surface area (Å²) < 4.78 is 47.2. The molecular weight excluding hydrogens is 267 g/mol. The second kappa shape index (κ2) is 4.23. The van der Waals surface area contributed by atoms with Gasteiger partial charge in [0.25, 0.3) is 0 Å². The van der Waals surface area contributed by atoms with Gasteiger partial charge >= 0.3 is 6.29 Å². The number of benzene rings is 1. The first-order valence-corrected chi connectivity index (χ1v) is 4.80. The predicted molar refractivity (Wildman–Crippen MR) is 59.7 cm³/mol. The van der Waals surface area contributed by atoms with Crippen molar-refractivity contribution in [2.45, 2.75) is 6.29 Å². The van der Waals surface area contributed by atoms with Gasteiger partial charge in [0.05, 0.1) is 0 Å². The van der Waals surface area contributed by atoms with Crippen molar-refractivity contribution in [3.63, 3.8) is 0 Å². The van der Waals surface area contributed by atoms with Gasteiger partial charge in [-0.1, -0.05) is 0 Å². The molecule has 19 heavy (non-hydrogen) atoms. The van der Waals surface area contributed by atoms with Crippen LogP contribution in [0.4, 0.5) is 18.9 Å². The summed E-state index contributed by atoms with van der Waals surface area (Å²) in [4.78, 5) is 6.86. The normalized spacial score (nSPS) is 16.3. The molecule has 0 amide bonds. The van der Waals surface area contributed by atoms with Crippen molar-refractivity contribution in [2.75, 3.05) is 0 Å². The maximum absolute atomic E-state index is 13.5. The van der Waals surface area contributed by atoms with Crippen LogP contribution >= 0.6 is 0 Å². The molecule has 0 unspecified atom stereocenters. The maximum Gasteiger partial charge on any atom is 0.586 e. The summed E-state index contributed by atoms with van der Waals surface area (Å²) in [6.45, 7) is 0. The highest BCUT2D eigenvalue weighted by Gasteiger charge is 2.44. The molecule has 0 aromatic heterocycles. The van der Waals surface area contributed by atoms with E-state index in [0.29, 0.717) is 6.07 Å². The van der Waals surface area contributed by atoms with E-state index < -0.39 is 23.8 Å². The van der Waals surface area contributed by atoms with E-state index in [-0.39, 0.29) is 17.4 Å². The second-order valence-corrected chi connectivity index (χ2v) is 3.42. The van der Waals surface area contributed by atoms with Gasteiger partial charge in [0.2, 0.25) is 5.96 Å². The topological polar surface area (TPSA) is 121 Å². The van der Waals surface area contributed by atoms with Crippen molar-refractivity contribution >= 4 is 17.6 Å². The molecule has 0 fully saturated rings. The van der Waals surface area contributed by atoms with Gasteiger partial charge in [-0.25, -0.2) is 9.38 Å². The standard InChI is InChI=1S/C9H8F3N5O2/c10-3-1-5-6(19-9(11,12)18-5)2-4(3)16-8(15)17-7(13)14/h1-2H,(H6,13,14,15,16,17). The number of hydrogen-bond acceptors (Lipinski definition) is 3. The van der Waals surface area contributed by atoms with Crippen LogP contribution in [0.25, 0.3) is 0 Å². The Morgan fingerprint density at radius 3 is 2.26 bits per heavy atom. The Kier molecular flexibility index (Phi) is 2.85. The molecule has 1 heterocycles. The van der Waals surface area contributed by atoms with E-state index in [0.717, 1.165) is 6.07 Å². The van der Waals surface area contributed by atoms with E-state index >= 15 is 0 Å². The Bertz CT molecular complexity index is 583. The van der Waals surface area contributed by atoms with Gasteiger partial charge in [0, 0.05) is 12.1 Å². The van der Waals surface area contributed by atoms with E-state index in [1.54, 1.807) is 0 Å². The number of rotatable bonds is 1. The summed E-state index contributed by atoms with van der Waals surface area (Å²) in [7, 11) is 0. The van der Waals surface area contributed by atoms with Gasteiger partial charge in [-0.05, 0) is 0 Å². The molecule has 1 aliphatic heterocycles. The molecule has 102 valence electrons. The van der Waals surface area contributed by atoms with Crippen LogP contribution in [-0.2, 0) is 0 Å². The van der Waals surface area contributed by atoms with Crippen LogP contribution in [0.15, 0.2) is 22.1 Å². The first-order chi connectivity index (χ1) is 8.77. The molecule has 0 saturated carbocycles. The molecule has 10 heteroatoms. The fourth-order valence-corrected chi connectivity index (χ4v) is 1.33. The Morgan fingerprint density at radius 2 is 1.68 bits per heavy atom. The van der Waals surface area contributed by atoms with E-state index in [2.05, 4.69) is 19.5 Å². The number of ether oxygens (including phenoxy) is 2. The minimum Gasteiger partial charge on any atom is -0.395 e. The quantitative estimate of drug-likeness (QED) is 0.505. The number of nitrogens with zero attached hydrogens (tertiary/aromatic N) is 2. The number of nitrogens with two attached hydrogens (primary N) is 3. The van der Waals surface area contributed by atoms with Crippen LogP contribution in [0.3, 0.4) is 0 Å². The predicted octanol–water partition coefficient (Wildman–Crippen LogP) is 0.367. The molecule has 2 rings (SSSR count). The molecule has 0 radical (unpaired) electrons. The third-order valence-corrected chi connectivity index (χ3v) is 1.95. The lowest BCUT2D eigenvalue weighted by atomic mass is 10.2. The highest BCUT2D eigenvalue weighted by Crippen LogP contribution is 2.43. The van der Waals surface area contributed by atoms with Gasteiger partial charge in [-0.15, -0.1) is 8.78 Å². The highest BCUT2D eigenvalue weighted by atomic mass is 19.3. The van der Waals surface area contributed by atoms with E-state index in [4.69, 9.17) is 17.2 Å². The van der Waals surface area contributed by atoms with E-state index in [1.807, 2.05) is 0 Å². The molecule has 7 nitrogen and oxygen atoms in total. The summed E-state index contributed by atoms with van der Waals surface area (Å²) in [6.07, 6.45) is -3.84. The average Bonchev–Trinajstić information content (AvgIpc) is 2.50. The molecule has 0 aliphatic carbocycles. The molecule has 6 N–H and O–H groups in total. The fraction of sp³-hybridized carbons (Fsp3) is 0.111. The van der Waals surface area contributed by atoms with Gasteiger partial charge in [0.15, 0.2) is 23.3 Å². The van der Waals surface area contributed by atoms with Crippen LogP contribution in [0.5, 0.6) is 11.5 Å². The summed E-state index contributed by atoms with van der Waals surface area (Å²) in [5.41, 5.74) is 15.0. The van der Waals surface area contributed by atoms with Crippen LogP contribution < -0.4 is 26.7 Å². The highest BCUT2D eigenvalue weighted by molar-refractivity contribution is 5.93. The van der Waals surface area contributed by atoms with Crippen molar-refractivity contribution in [3.05, 3.63) is 17.9 Å². The second-order valence-electron chi connectivity index (χ2n) is 3.42. The minimum absolute atomic E-state index is 0.373. The van der Waals surface area contributed by atoms with Gasteiger partial charge in [0.1, 0.15) is 5.69 Å². The van der Waals surface area contributed by atoms with Gasteiger partial charge in [-0.2, -0.15) is 4.99 Å². The summed E-state index contributed by atoms with van der Waals surface area (Å²) in [5.74, 6) is -2.59. The average molecular weight is 275 g/mol. The summed E-state index contributed by atoms with van der Waals surface area (Å²) in [6, 6.07) is 1.58. The van der Waals surface area contributed by atoms with Crippen molar-refractivity contribution in [1.82, 2.24) is 0 Å². The third kappa shape index (κ3) is 2.78. The molecule has 0 atom stereocenters. The summed E-state index contributed by atoms with van der Waals surface area (Å²) >= 11 is 0. The van der Waals surface area contributed by atoms with Crippen LogP contribution in [-0.4, -0.2) is 18.2 Å². The van der Waals surface area contributed by atoms with Crippen LogP contribution in [0.2, 0.25) is 0 Å². The van der Waals surface area contributed by atoms with E-state index in [1.165, 1.54) is 0 Å². The Morgan fingerprint density at radius 1 is 1.11 bits per heavy atom. The molecule has 1 aliphatic rings.